The minimum absolute atomic E-state index is 0. The van der Waals surface area contributed by atoms with E-state index in [0.29, 0.717) is 12.6 Å². The highest BCUT2D eigenvalue weighted by Crippen LogP contribution is 2.28. The smallest absolute Gasteiger partial charge is 0.225 e. The van der Waals surface area contributed by atoms with Gasteiger partial charge in [0.25, 0.3) is 0 Å². The van der Waals surface area contributed by atoms with Crippen LogP contribution in [-0.2, 0) is 17.8 Å². The van der Waals surface area contributed by atoms with Gasteiger partial charge < -0.3 is 14.6 Å². The molecule has 2 heterocycles. The summed E-state index contributed by atoms with van der Waals surface area (Å²) in [5.41, 5.74) is 2.07. The van der Waals surface area contributed by atoms with Gasteiger partial charge in [-0.15, -0.1) is 12.4 Å². The number of piperidine rings is 1. The topological polar surface area (TPSA) is 45.5 Å². The first-order valence-corrected chi connectivity index (χ1v) is 8.57. The summed E-state index contributed by atoms with van der Waals surface area (Å²) in [5, 5.41) is 4.54. The quantitative estimate of drug-likeness (QED) is 0.913. The van der Waals surface area contributed by atoms with Gasteiger partial charge in [-0.05, 0) is 32.4 Å². The van der Waals surface area contributed by atoms with Crippen LogP contribution in [0, 0.1) is 5.92 Å². The molecule has 1 amide bonds. The van der Waals surface area contributed by atoms with Crippen molar-refractivity contribution in [2.45, 2.75) is 45.7 Å². The lowest BCUT2D eigenvalue weighted by atomic mass is 9.92. The lowest BCUT2D eigenvalue weighted by Gasteiger charge is -2.30. The largest absolute Gasteiger partial charge is 0.461 e. The second-order valence-corrected chi connectivity index (χ2v) is 6.62. The maximum Gasteiger partial charge on any atom is 0.225 e. The Morgan fingerprint density at radius 3 is 2.83 bits per heavy atom. The molecular weight excluding hydrogens is 324 g/mol. The summed E-state index contributed by atoms with van der Waals surface area (Å²) in [6.07, 6.45) is 2.70. The van der Waals surface area contributed by atoms with Crippen LogP contribution in [0.25, 0.3) is 11.0 Å². The number of halogens is 1. The highest BCUT2D eigenvalue weighted by Gasteiger charge is 2.28. The van der Waals surface area contributed by atoms with Crippen LogP contribution in [-0.4, -0.2) is 30.4 Å². The van der Waals surface area contributed by atoms with Crippen molar-refractivity contribution in [3.63, 3.8) is 0 Å². The van der Waals surface area contributed by atoms with Crippen molar-refractivity contribution in [1.82, 2.24) is 10.2 Å². The summed E-state index contributed by atoms with van der Waals surface area (Å²) < 4.78 is 5.94. The Morgan fingerprint density at radius 2 is 2.12 bits per heavy atom. The Hall–Kier alpha value is -1.52. The summed E-state index contributed by atoms with van der Waals surface area (Å²) in [6.45, 7) is 5.80. The number of carbonyl (C=O) groups excluding carboxylic acids is 1. The Labute approximate surface area is 150 Å². The van der Waals surface area contributed by atoms with Crippen LogP contribution in [0.3, 0.4) is 0 Å². The van der Waals surface area contributed by atoms with Gasteiger partial charge in [-0.2, -0.15) is 0 Å². The van der Waals surface area contributed by atoms with Crippen LogP contribution in [0.4, 0.5) is 0 Å². The molecule has 4 nitrogen and oxygen atoms in total. The van der Waals surface area contributed by atoms with Crippen molar-refractivity contribution in [3.8, 4) is 0 Å². The van der Waals surface area contributed by atoms with Crippen LogP contribution in [0.15, 0.2) is 28.7 Å². The number of aryl methyl sites for hydroxylation is 1. The van der Waals surface area contributed by atoms with Gasteiger partial charge in [-0.1, -0.05) is 25.1 Å². The number of nitrogens with one attached hydrogen (secondary N) is 1. The van der Waals surface area contributed by atoms with Crippen molar-refractivity contribution in [2.24, 2.45) is 5.92 Å². The Kier molecular flexibility index (Phi) is 6.30. The fourth-order valence-electron chi connectivity index (χ4n) is 3.59. The molecule has 2 atom stereocenters. The molecule has 0 bridgehead atoms. The monoisotopic (exact) mass is 350 g/mol. The summed E-state index contributed by atoms with van der Waals surface area (Å²) in [6, 6.07) is 8.51. The Morgan fingerprint density at radius 1 is 1.38 bits per heavy atom. The molecule has 1 aliphatic rings. The van der Waals surface area contributed by atoms with E-state index in [9.17, 15) is 4.79 Å². The lowest BCUT2D eigenvalue weighted by Crippen LogP contribution is -2.42. The predicted molar refractivity (Wildman–Crippen MR) is 99.5 cm³/mol. The molecule has 1 aromatic heterocycles. The van der Waals surface area contributed by atoms with Gasteiger partial charge in [0.15, 0.2) is 0 Å². The first-order valence-electron chi connectivity index (χ1n) is 8.57. The van der Waals surface area contributed by atoms with Crippen LogP contribution < -0.4 is 5.32 Å². The van der Waals surface area contributed by atoms with E-state index in [2.05, 4.69) is 25.2 Å². The number of hydrogen-bond donors (Lipinski definition) is 1. The summed E-state index contributed by atoms with van der Waals surface area (Å²) in [5.74, 6) is 1.38. The van der Waals surface area contributed by atoms with Crippen LogP contribution in [0.2, 0.25) is 0 Å². The molecule has 3 rings (SSSR count). The van der Waals surface area contributed by atoms with Gasteiger partial charge in [0.1, 0.15) is 11.3 Å². The molecule has 24 heavy (non-hydrogen) atoms. The van der Waals surface area contributed by atoms with E-state index >= 15 is 0 Å². The van der Waals surface area contributed by atoms with Gasteiger partial charge in [-0.25, -0.2) is 0 Å². The minimum atomic E-state index is 0. The van der Waals surface area contributed by atoms with Crippen molar-refractivity contribution in [3.05, 3.63) is 35.6 Å². The maximum atomic E-state index is 12.8. The molecule has 0 spiro atoms. The van der Waals surface area contributed by atoms with Gasteiger partial charge >= 0.3 is 0 Å². The molecule has 0 radical (unpaired) electrons. The molecule has 0 saturated carbocycles. The normalized spacial score (nSPS) is 20.6. The number of benzene rings is 1. The molecule has 1 saturated heterocycles. The van der Waals surface area contributed by atoms with Crippen molar-refractivity contribution >= 4 is 29.3 Å². The van der Waals surface area contributed by atoms with Gasteiger partial charge in [0.2, 0.25) is 5.91 Å². The van der Waals surface area contributed by atoms with Gasteiger partial charge in [0.05, 0.1) is 0 Å². The van der Waals surface area contributed by atoms with E-state index in [-0.39, 0.29) is 24.2 Å². The zero-order valence-electron chi connectivity index (χ0n) is 14.7. The van der Waals surface area contributed by atoms with Crippen LogP contribution in [0.5, 0.6) is 0 Å². The van der Waals surface area contributed by atoms with Crippen molar-refractivity contribution in [2.75, 3.05) is 13.6 Å². The minimum Gasteiger partial charge on any atom is -0.461 e. The van der Waals surface area contributed by atoms with E-state index in [1.54, 1.807) is 0 Å². The average molecular weight is 351 g/mol. The van der Waals surface area contributed by atoms with E-state index in [1.165, 1.54) is 0 Å². The molecule has 1 aliphatic heterocycles. The zero-order chi connectivity index (χ0) is 16.4. The fourth-order valence-corrected chi connectivity index (χ4v) is 3.59. The molecule has 1 fully saturated rings. The number of para-hydroxylation sites is 1. The number of fused-ring (bicyclic) bond motifs is 1. The van der Waals surface area contributed by atoms with E-state index in [4.69, 9.17) is 4.42 Å². The standard InChI is InChI=1S/C19H26N2O2.ClH/c1-4-17-16(15-7-5-6-8-18(15)23-17)12-21(3)19(22)14-9-10-20-13(2)11-14;/h5-8,13-14,20H,4,9-12H2,1-3H3;1H/t13-,14-;/m0./s1. The number of amides is 1. The maximum absolute atomic E-state index is 12.8. The average Bonchev–Trinajstić information content (AvgIpc) is 2.92. The van der Waals surface area contributed by atoms with Crippen molar-refractivity contribution in [1.29, 1.82) is 0 Å². The third kappa shape index (κ3) is 3.76. The molecule has 2 aromatic rings. The van der Waals surface area contributed by atoms with E-state index in [1.807, 2.05) is 30.1 Å². The van der Waals surface area contributed by atoms with Crippen LogP contribution in [0.1, 0.15) is 38.0 Å². The highest BCUT2D eigenvalue weighted by atomic mass is 35.5. The number of hydrogen-bond acceptors (Lipinski definition) is 3. The molecular formula is C19H27ClN2O2. The zero-order valence-corrected chi connectivity index (χ0v) is 15.5. The first-order chi connectivity index (χ1) is 11.1. The second kappa shape index (κ2) is 8.04. The summed E-state index contributed by atoms with van der Waals surface area (Å²) in [7, 11) is 1.91. The predicted octanol–water partition coefficient (Wildman–Crippen LogP) is 3.76. The van der Waals surface area contributed by atoms with Gasteiger partial charge in [0, 0.05) is 42.9 Å². The fraction of sp³-hybridized carbons (Fsp3) is 0.526. The first kappa shape index (κ1) is 18.8. The molecule has 1 N–H and O–H groups in total. The van der Waals surface area contributed by atoms with E-state index in [0.717, 1.165) is 48.1 Å². The number of rotatable bonds is 4. The molecule has 0 aliphatic carbocycles. The SMILES string of the molecule is CCc1oc2ccccc2c1CN(C)C(=O)[C@H]1CCN[C@@H](C)C1.Cl. The van der Waals surface area contributed by atoms with Crippen LogP contribution >= 0.6 is 12.4 Å². The third-order valence-electron chi connectivity index (χ3n) is 4.85. The Balaban J connectivity index is 0.00000208. The summed E-state index contributed by atoms with van der Waals surface area (Å²) in [4.78, 5) is 14.6. The molecule has 132 valence electrons. The third-order valence-corrected chi connectivity index (χ3v) is 4.85. The Bertz CT molecular complexity index is 698. The van der Waals surface area contributed by atoms with Gasteiger partial charge in [-0.3, -0.25) is 4.79 Å². The number of carbonyl (C=O) groups is 1. The van der Waals surface area contributed by atoms with Crippen molar-refractivity contribution < 1.29 is 9.21 Å². The number of furan rings is 1. The molecule has 5 heteroatoms. The highest BCUT2D eigenvalue weighted by molar-refractivity contribution is 5.85. The molecule has 1 aromatic carbocycles. The number of nitrogens with zero attached hydrogens (tertiary/aromatic N) is 1. The second-order valence-electron chi connectivity index (χ2n) is 6.62. The summed E-state index contributed by atoms with van der Waals surface area (Å²) >= 11 is 0. The molecule has 0 unspecified atom stereocenters. The van der Waals surface area contributed by atoms with E-state index < -0.39 is 0 Å². The lowest BCUT2D eigenvalue weighted by molar-refractivity contribution is -0.135.